The number of para-hydroxylation sites is 2. The van der Waals surface area contributed by atoms with Crippen molar-refractivity contribution in [2.24, 2.45) is 0 Å². The molecule has 0 bridgehead atoms. The molecule has 1 amide bonds. The summed E-state index contributed by atoms with van der Waals surface area (Å²) in [5.74, 6) is 0.0624. The van der Waals surface area contributed by atoms with Gasteiger partial charge in [-0.15, -0.1) is 0 Å². The van der Waals surface area contributed by atoms with E-state index in [1.807, 2.05) is 30.3 Å². The predicted molar refractivity (Wildman–Crippen MR) is 102 cm³/mol. The van der Waals surface area contributed by atoms with Gasteiger partial charge >= 0.3 is 0 Å². The number of halogens is 1. The summed E-state index contributed by atoms with van der Waals surface area (Å²) in [4.78, 5) is 16.9. The maximum atomic E-state index is 12.1. The van der Waals surface area contributed by atoms with E-state index in [1.54, 1.807) is 0 Å². The highest BCUT2D eigenvalue weighted by atomic mass is 79.9. The van der Waals surface area contributed by atoms with Crippen LogP contribution in [0.3, 0.4) is 0 Å². The molecule has 0 spiro atoms. The van der Waals surface area contributed by atoms with Crippen molar-refractivity contribution in [2.45, 2.75) is 6.42 Å². The molecule has 0 unspecified atom stereocenters. The molecule has 24 heavy (non-hydrogen) atoms. The van der Waals surface area contributed by atoms with Gasteiger partial charge in [0.2, 0.25) is 5.91 Å². The van der Waals surface area contributed by atoms with Gasteiger partial charge in [0.1, 0.15) is 0 Å². The minimum atomic E-state index is 0.0624. The van der Waals surface area contributed by atoms with Crippen LogP contribution in [0.15, 0.2) is 59.1 Å². The van der Waals surface area contributed by atoms with Gasteiger partial charge in [0, 0.05) is 49.3 Å². The normalized spacial score (nSPS) is 15.3. The average molecular weight is 388 g/mol. The van der Waals surface area contributed by atoms with E-state index >= 15 is 0 Å². The van der Waals surface area contributed by atoms with Crippen LogP contribution in [0.2, 0.25) is 0 Å². The maximum Gasteiger partial charge on any atom is 0.225 e. The Balaban J connectivity index is 1.42. The second kappa shape index (κ2) is 8.31. The van der Waals surface area contributed by atoms with Gasteiger partial charge in [-0.2, -0.15) is 0 Å². The summed E-state index contributed by atoms with van der Waals surface area (Å²) in [6, 6.07) is 18.2. The first kappa shape index (κ1) is 17.0. The van der Waals surface area contributed by atoms with E-state index in [1.165, 1.54) is 5.69 Å². The number of carbonyl (C=O) groups excluding carboxylic acids is 1. The van der Waals surface area contributed by atoms with E-state index in [-0.39, 0.29) is 5.91 Å². The van der Waals surface area contributed by atoms with Crippen LogP contribution < -0.4 is 10.2 Å². The van der Waals surface area contributed by atoms with Crippen LogP contribution in [-0.4, -0.2) is 43.5 Å². The van der Waals surface area contributed by atoms with Gasteiger partial charge in [-0.05, 0) is 40.2 Å². The Hall–Kier alpha value is -1.85. The van der Waals surface area contributed by atoms with Gasteiger partial charge in [-0.3, -0.25) is 9.69 Å². The quantitative estimate of drug-likeness (QED) is 0.850. The molecular formula is C19H22BrN3O. The van der Waals surface area contributed by atoms with Crippen molar-refractivity contribution in [3.63, 3.8) is 0 Å². The van der Waals surface area contributed by atoms with Gasteiger partial charge in [0.15, 0.2) is 0 Å². The first-order valence-electron chi connectivity index (χ1n) is 8.29. The highest BCUT2D eigenvalue weighted by molar-refractivity contribution is 9.10. The van der Waals surface area contributed by atoms with E-state index in [9.17, 15) is 4.79 Å². The Kier molecular flexibility index (Phi) is 5.88. The topological polar surface area (TPSA) is 35.6 Å². The first-order chi connectivity index (χ1) is 11.7. The number of hydrogen-bond donors (Lipinski definition) is 1. The lowest BCUT2D eigenvalue weighted by Gasteiger charge is -2.36. The second-order valence-corrected chi connectivity index (χ2v) is 6.80. The summed E-state index contributed by atoms with van der Waals surface area (Å²) in [5, 5.41) is 2.96. The van der Waals surface area contributed by atoms with Crippen LogP contribution in [0.25, 0.3) is 0 Å². The molecule has 0 atom stereocenters. The van der Waals surface area contributed by atoms with Gasteiger partial charge in [-0.1, -0.05) is 30.3 Å². The molecule has 4 nitrogen and oxygen atoms in total. The molecule has 0 aliphatic carbocycles. The molecule has 1 heterocycles. The van der Waals surface area contributed by atoms with E-state index in [0.29, 0.717) is 6.42 Å². The molecule has 2 aromatic rings. The van der Waals surface area contributed by atoms with Crippen molar-refractivity contribution in [2.75, 3.05) is 42.9 Å². The average Bonchev–Trinajstić information content (AvgIpc) is 2.63. The van der Waals surface area contributed by atoms with E-state index in [0.717, 1.165) is 42.9 Å². The molecule has 1 aliphatic rings. The Morgan fingerprint density at radius 1 is 0.958 bits per heavy atom. The summed E-state index contributed by atoms with van der Waals surface area (Å²) in [6.45, 7) is 4.82. The summed E-state index contributed by atoms with van der Waals surface area (Å²) >= 11 is 3.45. The van der Waals surface area contributed by atoms with Crippen molar-refractivity contribution in [1.82, 2.24) is 4.90 Å². The Morgan fingerprint density at radius 2 is 1.62 bits per heavy atom. The Labute approximate surface area is 151 Å². The second-order valence-electron chi connectivity index (χ2n) is 5.94. The number of benzene rings is 2. The zero-order valence-corrected chi connectivity index (χ0v) is 15.2. The number of carbonyl (C=O) groups is 1. The molecule has 1 aliphatic heterocycles. The van der Waals surface area contributed by atoms with Crippen molar-refractivity contribution in [1.29, 1.82) is 0 Å². The molecule has 5 heteroatoms. The van der Waals surface area contributed by atoms with E-state index in [2.05, 4.69) is 55.3 Å². The smallest absolute Gasteiger partial charge is 0.225 e. The van der Waals surface area contributed by atoms with Crippen LogP contribution in [0.1, 0.15) is 6.42 Å². The molecule has 0 saturated carbocycles. The Bertz CT molecular complexity index is 669. The molecule has 2 aromatic carbocycles. The van der Waals surface area contributed by atoms with Crippen LogP contribution in [0.5, 0.6) is 0 Å². The van der Waals surface area contributed by atoms with Crippen molar-refractivity contribution in [3.05, 3.63) is 59.1 Å². The number of nitrogens with zero attached hydrogens (tertiary/aromatic N) is 2. The fourth-order valence-corrected chi connectivity index (χ4v) is 3.29. The third-order valence-electron chi connectivity index (χ3n) is 4.30. The molecule has 3 rings (SSSR count). The first-order valence-corrected chi connectivity index (χ1v) is 9.08. The van der Waals surface area contributed by atoms with Gasteiger partial charge in [-0.25, -0.2) is 0 Å². The number of anilines is 2. The van der Waals surface area contributed by atoms with Crippen LogP contribution in [-0.2, 0) is 4.79 Å². The maximum absolute atomic E-state index is 12.1. The highest BCUT2D eigenvalue weighted by Gasteiger charge is 2.17. The largest absolute Gasteiger partial charge is 0.369 e. The predicted octanol–water partition coefficient (Wildman–Crippen LogP) is 3.60. The van der Waals surface area contributed by atoms with E-state index < -0.39 is 0 Å². The summed E-state index contributed by atoms with van der Waals surface area (Å²) in [6.07, 6.45) is 0.521. The monoisotopic (exact) mass is 387 g/mol. The molecule has 0 aromatic heterocycles. The molecular weight excluding hydrogens is 366 g/mol. The highest BCUT2D eigenvalue weighted by Crippen LogP contribution is 2.21. The molecule has 0 radical (unpaired) electrons. The minimum absolute atomic E-state index is 0.0624. The number of rotatable bonds is 5. The van der Waals surface area contributed by atoms with Crippen LogP contribution in [0.4, 0.5) is 11.4 Å². The van der Waals surface area contributed by atoms with Crippen LogP contribution >= 0.6 is 15.9 Å². The lowest BCUT2D eigenvalue weighted by Crippen LogP contribution is -2.47. The lowest BCUT2D eigenvalue weighted by molar-refractivity contribution is -0.116. The molecule has 1 N–H and O–H groups in total. The van der Waals surface area contributed by atoms with Gasteiger partial charge in [0.05, 0.1) is 5.69 Å². The molecule has 126 valence electrons. The fourth-order valence-electron chi connectivity index (χ4n) is 2.90. The number of hydrogen-bond acceptors (Lipinski definition) is 3. The number of piperazine rings is 1. The van der Waals surface area contributed by atoms with Crippen molar-refractivity contribution >= 4 is 33.2 Å². The van der Waals surface area contributed by atoms with E-state index in [4.69, 9.17) is 0 Å². The standard InChI is InChI=1S/C19H22BrN3O/c20-17-8-4-5-9-18(17)21-19(24)10-11-22-12-14-23(15-13-22)16-6-2-1-3-7-16/h1-9H,10-15H2,(H,21,24). The van der Waals surface area contributed by atoms with Gasteiger partial charge < -0.3 is 10.2 Å². The summed E-state index contributed by atoms with van der Waals surface area (Å²) in [5.41, 5.74) is 2.11. The summed E-state index contributed by atoms with van der Waals surface area (Å²) < 4.78 is 0.912. The third kappa shape index (κ3) is 4.58. The minimum Gasteiger partial charge on any atom is -0.369 e. The molecule has 1 fully saturated rings. The van der Waals surface area contributed by atoms with Crippen molar-refractivity contribution < 1.29 is 4.79 Å². The third-order valence-corrected chi connectivity index (χ3v) is 4.99. The SMILES string of the molecule is O=C(CCN1CCN(c2ccccc2)CC1)Nc1ccccc1Br. The Morgan fingerprint density at radius 3 is 2.33 bits per heavy atom. The zero-order valence-electron chi connectivity index (χ0n) is 13.6. The van der Waals surface area contributed by atoms with Crippen molar-refractivity contribution in [3.8, 4) is 0 Å². The molecule has 1 saturated heterocycles. The summed E-state index contributed by atoms with van der Waals surface area (Å²) in [7, 11) is 0. The fraction of sp³-hybridized carbons (Fsp3) is 0.316. The number of amides is 1. The zero-order chi connectivity index (χ0) is 16.8. The lowest BCUT2D eigenvalue weighted by atomic mass is 10.2. The number of nitrogens with one attached hydrogen (secondary N) is 1. The van der Waals surface area contributed by atoms with Gasteiger partial charge in [0.25, 0.3) is 0 Å². The van der Waals surface area contributed by atoms with Crippen LogP contribution in [0, 0.1) is 0 Å².